The Kier molecular flexibility index (Phi) is 9.57. The van der Waals surface area contributed by atoms with Crippen LogP contribution in [0.1, 0.15) is 73.9 Å². The van der Waals surface area contributed by atoms with E-state index in [0.29, 0.717) is 19.6 Å². The fourth-order valence-corrected chi connectivity index (χ4v) is 7.08. The predicted octanol–water partition coefficient (Wildman–Crippen LogP) is 7.95. The van der Waals surface area contributed by atoms with E-state index in [0.717, 1.165) is 44.4 Å². The van der Waals surface area contributed by atoms with Crippen molar-refractivity contribution in [2.75, 3.05) is 6.61 Å². The van der Waals surface area contributed by atoms with Crippen LogP contribution in [0.3, 0.4) is 0 Å². The van der Waals surface area contributed by atoms with Crippen LogP contribution < -0.4 is 0 Å². The highest BCUT2D eigenvalue weighted by molar-refractivity contribution is 6.74. The van der Waals surface area contributed by atoms with E-state index >= 15 is 0 Å². The van der Waals surface area contributed by atoms with Crippen LogP contribution in [0.25, 0.3) is 11.0 Å². The molecule has 0 spiro atoms. The SMILES string of the molecule is CCn1nnc2c(C)c([C@@H](c3ccc(C)c(CO[Si](C)(C)C(C)(C)C)c3)[C@H](C)C(=O)N3C(=O)OCC3Cc3ccccc3)ccc21. The molecule has 4 aromatic rings. The minimum absolute atomic E-state index is 0.0884. The van der Waals surface area contributed by atoms with Gasteiger partial charge in [-0.15, -0.1) is 5.10 Å². The lowest BCUT2D eigenvalue weighted by atomic mass is 9.78. The standard InChI is InChI=1S/C37H48N4O4Si/c1-10-40-32-19-18-31(25(3)34(32)38-39-40)33(28-17-16-24(2)29(21-28)22-45-46(8,9)37(5,6)7)26(4)35(42)41-30(23-44-36(41)43)20-27-14-12-11-13-15-27/h11-19,21,26,30,33H,10,20,22-23H2,1-9H3/t26-,30?,33+/m0/s1. The third kappa shape index (κ3) is 6.53. The molecule has 5 rings (SSSR count). The summed E-state index contributed by atoms with van der Waals surface area (Å²) in [5.41, 5.74) is 8.04. The maximum Gasteiger partial charge on any atom is 0.416 e. The second-order valence-electron chi connectivity index (χ2n) is 14.2. The molecule has 3 atom stereocenters. The van der Waals surface area contributed by atoms with Gasteiger partial charge < -0.3 is 9.16 Å². The van der Waals surface area contributed by atoms with E-state index < -0.39 is 20.3 Å². The van der Waals surface area contributed by atoms with E-state index in [4.69, 9.17) is 9.16 Å². The van der Waals surface area contributed by atoms with Gasteiger partial charge in [-0.2, -0.15) is 0 Å². The summed E-state index contributed by atoms with van der Waals surface area (Å²) in [5.74, 6) is -1.16. The number of nitrogens with zero attached hydrogens (tertiary/aromatic N) is 4. The molecule has 0 radical (unpaired) electrons. The number of cyclic esters (lactones) is 1. The Morgan fingerprint density at radius 2 is 1.80 bits per heavy atom. The van der Waals surface area contributed by atoms with Gasteiger partial charge in [-0.1, -0.05) is 87.5 Å². The monoisotopic (exact) mass is 640 g/mol. The summed E-state index contributed by atoms with van der Waals surface area (Å²) in [6, 6.07) is 20.1. The summed E-state index contributed by atoms with van der Waals surface area (Å²) in [5, 5.41) is 8.97. The number of hydrogen-bond acceptors (Lipinski definition) is 6. The molecule has 0 N–H and O–H groups in total. The molecule has 1 unspecified atom stereocenters. The molecule has 0 bridgehead atoms. The summed E-state index contributed by atoms with van der Waals surface area (Å²) in [4.78, 5) is 28.9. The molecule has 0 saturated carbocycles. The number of rotatable bonds is 10. The fraction of sp³-hybridized carbons (Fsp3) is 0.459. The molecule has 2 amide bonds. The predicted molar refractivity (Wildman–Crippen MR) is 184 cm³/mol. The average molecular weight is 641 g/mol. The zero-order chi connectivity index (χ0) is 33.4. The lowest BCUT2D eigenvalue weighted by molar-refractivity contribution is -0.133. The van der Waals surface area contributed by atoms with Crippen molar-refractivity contribution in [3.63, 3.8) is 0 Å². The number of ether oxygens (including phenoxy) is 1. The summed E-state index contributed by atoms with van der Waals surface area (Å²) < 4.78 is 14.0. The number of aryl methyl sites for hydroxylation is 3. The Morgan fingerprint density at radius 1 is 1.09 bits per heavy atom. The Balaban J connectivity index is 1.56. The van der Waals surface area contributed by atoms with Crippen molar-refractivity contribution in [1.82, 2.24) is 19.9 Å². The molecule has 8 nitrogen and oxygen atoms in total. The molecule has 46 heavy (non-hydrogen) atoms. The second kappa shape index (κ2) is 13.1. The quantitative estimate of drug-likeness (QED) is 0.164. The van der Waals surface area contributed by atoms with Crippen LogP contribution >= 0.6 is 0 Å². The fourth-order valence-electron chi connectivity index (χ4n) is 6.13. The Bertz CT molecular complexity index is 1730. The van der Waals surface area contributed by atoms with Gasteiger partial charge in [0, 0.05) is 18.4 Å². The van der Waals surface area contributed by atoms with Crippen LogP contribution in [-0.4, -0.2) is 52.9 Å². The summed E-state index contributed by atoms with van der Waals surface area (Å²) in [6.07, 6.45) is -0.0396. The van der Waals surface area contributed by atoms with E-state index in [2.05, 4.69) is 82.3 Å². The number of carbonyl (C=O) groups excluding carboxylic acids is 2. The first-order chi connectivity index (χ1) is 21.7. The number of fused-ring (bicyclic) bond motifs is 1. The van der Waals surface area contributed by atoms with Crippen molar-refractivity contribution in [1.29, 1.82) is 0 Å². The lowest BCUT2D eigenvalue weighted by Crippen LogP contribution is -2.44. The Labute approximate surface area is 274 Å². The van der Waals surface area contributed by atoms with Gasteiger partial charge in [-0.3, -0.25) is 4.79 Å². The maximum absolute atomic E-state index is 14.5. The van der Waals surface area contributed by atoms with Crippen LogP contribution in [0.5, 0.6) is 0 Å². The summed E-state index contributed by atoms with van der Waals surface area (Å²) in [7, 11) is -1.99. The first-order valence-corrected chi connectivity index (χ1v) is 19.2. The summed E-state index contributed by atoms with van der Waals surface area (Å²) in [6.45, 7) is 20.8. The normalized spacial score (nSPS) is 16.9. The van der Waals surface area contributed by atoms with Crippen molar-refractivity contribution < 1.29 is 18.8 Å². The van der Waals surface area contributed by atoms with Gasteiger partial charge in [0.15, 0.2) is 8.32 Å². The van der Waals surface area contributed by atoms with E-state index in [9.17, 15) is 9.59 Å². The third-order valence-electron chi connectivity index (χ3n) is 10.1. The molecule has 3 aromatic carbocycles. The van der Waals surface area contributed by atoms with Crippen molar-refractivity contribution in [2.45, 2.75) is 98.1 Å². The van der Waals surface area contributed by atoms with E-state index in [-0.39, 0.29) is 29.5 Å². The Hall–Kier alpha value is -3.82. The van der Waals surface area contributed by atoms with Crippen molar-refractivity contribution in [3.05, 3.63) is 94.0 Å². The molecule has 1 aromatic heterocycles. The number of benzene rings is 3. The molecular weight excluding hydrogens is 593 g/mol. The zero-order valence-electron chi connectivity index (χ0n) is 28.8. The summed E-state index contributed by atoms with van der Waals surface area (Å²) >= 11 is 0. The molecule has 1 aliphatic rings. The van der Waals surface area contributed by atoms with Crippen LogP contribution in [-0.2, 0) is 33.5 Å². The number of aromatic nitrogens is 3. The van der Waals surface area contributed by atoms with Gasteiger partial charge in [0.25, 0.3) is 0 Å². The number of amides is 2. The highest BCUT2D eigenvalue weighted by Gasteiger charge is 2.43. The molecule has 2 heterocycles. The molecule has 1 saturated heterocycles. The van der Waals surface area contributed by atoms with Crippen molar-refractivity contribution in [2.24, 2.45) is 5.92 Å². The second-order valence-corrected chi connectivity index (χ2v) is 19.0. The van der Waals surface area contributed by atoms with Gasteiger partial charge >= 0.3 is 6.09 Å². The molecular formula is C37H48N4O4Si. The van der Waals surface area contributed by atoms with Crippen LogP contribution in [0.4, 0.5) is 4.79 Å². The smallest absolute Gasteiger partial charge is 0.416 e. The topological polar surface area (TPSA) is 86.5 Å². The Morgan fingerprint density at radius 3 is 2.48 bits per heavy atom. The molecule has 0 aliphatic carbocycles. The maximum atomic E-state index is 14.5. The molecule has 1 fully saturated rings. The lowest BCUT2D eigenvalue weighted by Gasteiger charge is -2.36. The third-order valence-corrected chi connectivity index (χ3v) is 14.6. The molecule has 9 heteroatoms. The number of carbonyl (C=O) groups is 2. The van der Waals surface area contributed by atoms with Gasteiger partial charge in [-0.05, 0) is 84.8 Å². The largest absolute Gasteiger partial charge is 0.447 e. The van der Waals surface area contributed by atoms with Crippen LogP contribution in [0, 0.1) is 19.8 Å². The van der Waals surface area contributed by atoms with E-state index in [1.807, 2.05) is 54.9 Å². The van der Waals surface area contributed by atoms with Gasteiger partial charge in [0.05, 0.1) is 18.2 Å². The van der Waals surface area contributed by atoms with Crippen LogP contribution in [0.2, 0.25) is 18.1 Å². The minimum Gasteiger partial charge on any atom is -0.447 e. The zero-order valence-corrected chi connectivity index (χ0v) is 29.8. The van der Waals surface area contributed by atoms with E-state index in [1.54, 1.807) is 0 Å². The first-order valence-electron chi connectivity index (χ1n) is 16.3. The average Bonchev–Trinajstić information content (AvgIpc) is 3.61. The van der Waals surface area contributed by atoms with Crippen LogP contribution in [0.15, 0.2) is 60.7 Å². The van der Waals surface area contributed by atoms with Crippen molar-refractivity contribution >= 4 is 31.4 Å². The molecule has 1 aliphatic heterocycles. The van der Waals surface area contributed by atoms with Gasteiger partial charge in [-0.25, -0.2) is 14.4 Å². The number of hydrogen-bond donors (Lipinski definition) is 0. The van der Waals surface area contributed by atoms with Gasteiger partial charge in [0.2, 0.25) is 5.91 Å². The van der Waals surface area contributed by atoms with Gasteiger partial charge in [0.1, 0.15) is 12.1 Å². The van der Waals surface area contributed by atoms with Crippen molar-refractivity contribution in [3.8, 4) is 0 Å². The number of imide groups is 1. The first kappa shape index (κ1) is 33.5. The highest BCUT2D eigenvalue weighted by atomic mass is 28.4. The minimum atomic E-state index is -1.99. The molecule has 244 valence electrons. The van der Waals surface area contributed by atoms with E-state index in [1.165, 1.54) is 4.90 Å². The highest BCUT2D eigenvalue weighted by Crippen LogP contribution is 2.40.